The van der Waals surface area contributed by atoms with Crippen molar-refractivity contribution in [2.75, 3.05) is 0 Å². The molecule has 0 nitrogen and oxygen atoms in total. The van der Waals surface area contributed by atoms with Crippen LogP contribution in [0.2, 0.25) is 0 Å². The summed E-state index contributed by atoms with van der Waals surface area (Å²) in [5, 5.41) is 0. The number of allylic oxidation sites excluding steroid dienone is 4. The van der Waals surface area contributed by atoms with Crippen molar-refractivity contribution in [3.8, 4) is 0 Å². The average molecular weight is 339 g/mol. The Bertz CT molecular complexity index is 622. The predicted molar refractivity (Wildman–Crippen MR) is 108 cm³/mol. The molecule has 0 bridgehead atoms. The second-order valence-electron chi connectivity index (χ2n) is 10.4. The van der Waals surface area contributed by atoms with Crippen LogP contribution in [0.15, 0.2) is 36.0 Å². The van der Waals surface area contributed by atoms with E-state index in [0.29, 0.717) is 10.8 Å². The molecule has 4 rings (SSSR count). The molecule has 3 fully saturated rings. The van der Waals surface area contributed by atoms with Crippen LogP contribution in [0.1, 0.15) is 79.1 Å². The Balaban J connectivity index is 1.70. The lowest BCUT2D eigenvalue weighted by molar-refractivity contribution is -0.0803. The topological polar surface area (TPSA) is 0 Å². The Labute approximate surface area is 155 Å². The summed E-state index contributed by atoms with van der Waals surface area (Å²) in [5.41, 5.74) is 5.62. The van der Waals surface area contributed by atoms with E-state index in [-0.39, 0.29) is 0 Å². The largest absolute Gasteiger partial charge is 0.0996 e. The molecule has 0 heteroatoms. The second kappa shape index (κ2) is 5.86. The third kappa shape index (κ3) is 2.38. The summed E-state index contributed by atoms with van der Waals surface area (Å²) in [6.45, 7) is 18.9. The van der Waals surface area contributed by atoms with E-state index in [2.05, 4.69) is 46.9 Å². The van der Waals surface area contributed by atoms with Crippen molar-refractivity contribution in [1.82, 2.24) is 0 Å². The van der Waals surface area contributed by atoms with Gasteiger partial charge in [0, 0.05) is 0 Å². The van der Waals surface area contributed by atoms with Gasteiger partial charge >= 0.3 is 0 Å². The minimum absolute atomic E-state index is 0.449. The highest BCUT2D eigenvalue weighted by Gasteiger charge is 2.60. The maximum Gasteiger partial charge on any atom is -0.00765 e. The molecular weight excluding hydrogens is 300 g/mol. The molecule has 0 N–H and O–H groups in total. The molecule has 0 heterocycles. The molecule has 0 aliphatic heterocycles. The van der Waals surface area contributed by atoms with Crippen molar-refractivity contribution in [3.63, 3.8) is 0 Å². The average Bonchev–Trinajstić information content (AvgIpc) is 2.91. The Morgan fingerprint density at radius 3 is 2.68 bits per heavy atom. The maximum atomic E-state index is 4.49. The zero-order valence-electron chi connectivity index (χ0n) is 17.0. The Kier molecular flexibility index (Phi) is 4.13. The third-order valence-corrected chi connectivity index (χ3v) is 9.27. The fourth-order valence-electron chi connectivity index (χ4n) is 8.28. The first kappa shape index (κ1) is 17.6. The molecule has 7 atom stereocenters. The highest BCUT2D eigenvalue weighted by atomic mass is 14.6. The fourth-order valence-corrected chi connectivity index (χ4v) is 8.28. The first-order valence-corrected chi connectivity index (χ1v) is 10.9. The summed E-state index contributed by atoms with van der Waals surface area (Å²) < 4.78 is 0. The van der Waals surface area contributed by atoms with E-state index in [1.807, 2.05) is 0 Å². The van der Waals surface area contributed by atoms with Gasteiger partial charge in [-0.05, 0) is 91.8 Å². The predicted octanol–water partition coefficient (Wildman–Crippen LogP) is 7.33. The van der Waals surface area contributed by atoms with Gasteiger partial charge in [0.25, 0.3) is 0 Å². The van der Waals surface area contributed by atoms with Gasteiger partial charge in [0.15, 0.2) is 0 Å². The molecule has 0 amide bonds. The third-order valence-electron chi connectivity index (χ3n) is 9.27. The molecule has 0 aromatic carbocycles. The fraction of sp³-hybridized carbons (Fsp3) is 0.760. The van der Waals surface area contributed by atoms with Crippen molar-refractivity contribution in [2.24, 2.45) is 40.4 Å². The van der Waals surface area contributed by atoms with Crippen molar-refractivity contribution in [2.45, 2.75) is 79.1 Å². The van der Waals surface area contributed by atoms with E-state index in [0.717, 1.165) is 29.6 Å². The van der Waals surface area contributed by atoms with Gasteiger partial charge in [0.2, 0.25) is 0 Å². The van der Waals surface area contributed by atoms with Gasteiger partial charge in [-0.25, -0.2) is 0 Å². The van der Waals surface area contributed by atoms with Crippen LogP contribution in [-0.4, -0.2) is 0 Å². The number of fused-ring (bicyclic) bond motifs is 5. The molecule has 0 aromatic rings. The first-order valence-electron chi connectivity index (χ1n) is 10.9. The van der Waals surface area contributed by atoms with Gasteiger partial charge in [-0.3, -0.25) is 0 Å². The van der Waals surface area contributed by atoms with E-state index in [1.165, 1.54) is 62.5 Å². The summed E-state index contributed by atoms with van der Waals surface area (Å²) in [7, 11) is 0. The molecule has 4 aliphatic rings. The van der Waals surface area contributed by atoms with E-state index < -0.39 is 0 Å². The Morgan fingerprint density at radius 1 is 1.20 bits per heavy atom. The number of rotatable bonds is 2. The van der Waals surface area contributed by atoms with Gasteiger partial charge in [0.1, 0.15) is 0 Å². The standard InChI is InChI=1S/C25H38/c1-7-17(3)21-10-11-22-20-9-8-19-14-16(2)12-13-24(19,5)23(20)18(4)15-25(21,22)6/h14,18,20-23H,2-3,7-13,15H2,1,4-6H3/t18?,20?,21?,22?,23?,24-,25+/m0/s1. The highest BCUT2D eigenvalue weighted by Crippen LogP contribution is 2.69. The Morgan fingerprint density at radius 2 is 1.96 bits per heavy atom. The number of hydrogen-bond donors (Lipinski definition) is 0. The molecule has 0 radical (unpaired) electrons. The molecular formula is C25H38. The van der Waals surface area contributed by atoms with Crippen LogP contribution in [0.25, 0.3) is 0 Å². The molecule has 0 spiro atoms. The maximum absolute atomic E-state index is 4.49. The summed E-state index contributed by atoms with van der Waals surface area (Å²) in [6, 6.07) is 0. The molecule has 5 unspecified atom stereocenters. The van der Waals surface area contributed by atoms with Gasteiger partial charge in [-0.2, -0.15) is 0 Å². The molecule has 4 aliphatic carbocycles. The van der Waals surface area contributed by atoms with Crippen LogP contribution in [0.3, 0.4) is 0 Å². The monoisotopic (exact) mass is 338 g/mol. The lowest BCUT2D eigenvalue weighted by Crippen LogP contribution is -2.53. The van der Waals surface area contributed by atoms with E-state index in [9.17, 15) is 0 Å². The van der Waals surface area contributed by atoms with Gasteiger partial charge in [-0.1, -0.05) is 63.6 Å². The molecule has 25 heavy (non-hydrogen) atoms. The smallest absolute Gasteiger partial charge is 0.00765 e. The van der Waals surface area contributed by atoms with E-state index >= 15 is 0 Å². The lowest BCUT2D eigenvalue weighted by atomic mass is 9.44. The van der Waals surface area contributed by atoms with Crippen molar-refractivity contribution < 1.29 is 0 Å². The van der Waals surface area contributed by atoms with E-state index in [4.69, 9.17) is 0 Å². The van der Waals surface area contributed by atoms with Crippen molar-refractivity contribution in [3.05, 3.63) is 36.0 Å². The van der Waals surface area contributed by atoms with Crippen LogP contribution in [0.5, 0.6) is 0 Å². The minimum Gasteiger partial charge on any atom is -0.0996 e. The summed E-state index contributed by atoms with van der Waals surface area (Å²) in [4.78, 5) is 0. The van der Waals surface area contributed by atoms with Crippen molar-refractivity contribution >= 4 is 0 Å². The van der Waals surface area contributed by atoms with Gasteiger partial charge < -0.3 is 0 Å². The zero-order valence-corrected chi connectivity index (χ0v) is 17.0. The zero-order chi connectivity index (χ0) is 18.0. The highest BCUT2D eigenvalue weighted by molar-refractivity contribution is 5.34. The minimum atomic E-state index is 0.449. The molecule has 0 saturated heterocycles. The SMILES string of the molecule is C=C1C=C2CCC3C4CCC(C(=C)CC)[C@@]4(C)CC(C)C3[C@@]2(C)CC1. The van der Waals surface area contributed by atoms with Crippen LogP contribution >= 0.6 is 0 Å². The summed E-state index contributed by atoms with van der Waals surface area (Å²) in [5.74, 6) is 4.40. The summed E-state index contributed by atoms with van der Waals surface area (Å²) >= 11 is 0. The van der Waals surface area contributed by atoms with Crippen molar-refractivity contribution in [1.29, 1.82) is 0 Å². The first-order chi connectivity index (χ1) is 11.8. The lowest BCUT2D eigenvalue weighted by Gasteiger charge is -2.61. The van der Waals surface area contributed by atoms with Gasteiger partial charge in [0.05, 0.1) is 0 Å². The second-order valence-corrected chi connectivity index (χ2v) is 10.4. The van der Waals surface area contributed by atoms with Gasteiger partial charge in [-0.15, -0.1) is 0 Å². The van der Waals surface area contributed by atoms with Crippen LogP contribution < -0.4 is 0 Å². The van der Waals surface area contributed by atoms with E-state index in [1.54, 1.807) is 5.57 Å². The molecule has 3 saturated carbocycles. The molecule has 0 aromatic heterocycles. The quantitative estimate of drug-likeness (QED) is 0.462. The normalized spacial score (nSPS) is 49.0. The van der Waals surface area contributed by atoms with Crippen LogP contribution in [-0.2, 0) is 0 Å². The van der Waals surface area contributed by atoms with Crippen LogP contribution in [0.4, 0.5) is 0 Å². The molecule has 138 valence electrons. The van der Waals surface area contributed by atoms with Crippen LogP contribution in [0, 0.1) is 40.4 Å². The summed E-state index contributed by atoms with van der Waals surface area (Å²) in [6.07, 6.45) is 13.2. The Hall–Kier alpha value is -0.780. The number of hydrogen-bond acceptors (Lipinski definition) is 0.